The Morgan fingerprint density at radius 3 is 2.76 bits per heavy atom. The highest BCUT2D eigenvalue weighted by Crippen LogP contribution is 2.36. The summed E-state index contributed by atoms with van der Waals surface area (Å²) in [7, 11) is 1.48. The molecule has 3 rings (SSSR count). The molecule has 1 N–H and O–H groups in total. The highest BCUT2D eigenvalue weighted by atomic mass is 79.9. The third kappa shape index (κ3) is 4.48. The molecule has 0 unspecified atom stereocenters. The van der Waals surface area contributed by atoms with Gasteiger partial charge in [0.25, 0.3) is 11.8 Å². The largest absolute Gasteiger partial charge is 0.486 e. The van der Waals surface area contributed by atoms with E-state index in [1.54, 1.807) is 30.3 Å². The molecule has 0 bridgehead atoms. The van der Waals surface area contributed by atoms with E-state index >= 15 is 0 Å². The minimum absolute atomic E-state index is 0.0535. The average molecular weight is 491 g/mol. The second-order valence-corrected chi connectivity index (χ2v) is 7.70. The molecule has 0 saturated carbocycles. The first-order chi connectivity index (χ1) is 13.8. The first-order valence-corrected chi connectivity index (χ1v) is 9.84. The Bertz CT molecular complexity index is 1090. The summed E-state index contributed by atoms with van der Waals surface area (Å²) in [6.45, 7) is 0.158. The third-order valence-corrected chi connectivity index (χ3v) is 5.39. The zero-order chi connectivity index (χ0) is 21.1. The molecule has 1 heterocycles. The molecule has 2 aromatic carbocycles. The SMILES string of the molecule is CN1C(=O)C(=Cc2cc(Cl)c(OCc3ccccc3C#N)c(Br)c2)C(=O)NC1=S. The van der Waals surface area contributed by atoms with Crippen LogP contribution < -0.4 is 10.1 Å². The van der Waals surface area contributed by atoms with E-state index in [1.165, 1.54) is 18.0 Å². The molecule has 29 heavy (non-hydrogen) atoms. The quantitative estimate of drug-likeness (QED) is 0.400. The van der Waals surface area contributed by atoms with Crippen LogP contribution in [0, 0.1) is 11.3 Å². The molecule has 1 fully saturated rings. The Morgan fingerprint density at radius 2 is 2.07 bits per heavy atom. The van der Waals surface area contributed by atoms with E-state index < -0.39 is 11.8 Å². The van der Waals surface area contributed by atoms with E-state index in [0.29, 0.717) is 21.3 Å². The Hall–Kier alpha value is -2.73. The summed E-state index contributed by atoms with van der Waals surface area (Å²) in [4.78, 5) is 25.6. The van der Waals surface area contributed by atoms with Crippen molar-refractivity contribution in [2.24, 2.45) is 0 Å². The van der Waals surface area contributed by atoms with Gasteiger partial charge in [-0.05, 0) is 58.0 Å². The number of nitrogens with one attached hydrogen (secondary N) is 1. The lowest BCUT2D eigenvalue weighted by Gasteiger charge is -2.25. The molecule has 6 nitrogen and oxygen atoms in total. The van der Waals surface area contributed by atoms with Crippen LogP contribution in [0.2, 0.25) is 5.02 Å². The molecule has 0 radical (unpaired) electrons. The van der Waals surface area contributed by atoms with Crippen LogP contribution in [0.25, 0.3) is 6.08 Å². The monoisotopic (exact) mass is 489 g/mol. The van der Waals surface area contributed by atoms with Crippen LogP contribution in [0.15, 0.2) is 46.4 Å². The Kier molecular flexibility index (Phi) is 6.33. The number of benzene rings is 2. The summed E-state index contributed by atoms with van der Waals surface area (Å²) in [5.41, 5.74) is 1.73. The van der Waals surface area contributed by atoms with Crippen molar-refractivity contribution in [2.45, 2.75) is 6.61 Å². The number of thiocarbonyl (C=S) groups is 1. The van der Waals surface area contributed by atoms with Gasteiger partial charge in [-0.3, -0.25) is 19.8 Å². The van der Waals surface area contributed by atoms with Crippen LogP contribution in [0.4, 0.5) is 0 Å². The molecular weight excluding hydrogens is 478 g/mol. The number of amides is 2. The Morgan fingerprint density at radius 1 is 1.34 bits per heavy atom. The van der Waals surface area contributed by atoms with Gasteiger partial charge in [0, 0.05) is 12.6 Å². The van der Waals surface area contributed by atoms with E-state index in [-0.39, 0.29) is 22.3 Å². The number of halogens is 2. The molecule has 1 saturated heterocycles. The number of nitrogens with zero attached hydrogens (tertiary/aromatic N) is 2. The molecule has 0 aliphatic carbocycles. The molecule has 2 aromatic rings. The van der Waals surface area contributed by atoms with Crippen molar-refractivity contribution in [1.29, 1.82) is 5.26 Å². The fourth-order valence-corrected chi connectivity index (χ4v) is 3.78. The fraction of sp³-hybridized carbons (Fsp3) is 0.100. The number of hydrogen-bond acceptors (Lipinski definition) is 5. The number of ether oxygens (including phenoxy) is 1. The predicted molar refractivity (Wildman–Crippen MR) is 116 cm³/mol. The topological polar surface area (TPSA) is 82.4 Å². The summed E-state index contributed by atoms with van der Waals surface area (Å²) in [5.74, 6) is -0.683. The van der Waals surface area contributed by atoms with Gasteiger partial charge in [0.15, 0.2) is 10.9 Å². The zero-order valence-electron chi connectivity index (χ0n) is 15.0. The van der Waals surface area contributed by atoms with Crippen LogP contribution in [-0.4, -0.2) is 28.9 Å². The van der Waals surface area contributed by atoms with E-state index in [4.69, 9.17) is 28.6 Å². The fourth-order valence-electron chi connectivity index (χ4n) is 2.62. The van der Waals surface area contributed by atoms with Gasteiger partial charge in [-0.1, -0.05) is 29.8 Å². The number of rotatable bonds is 4. The number of likely N-dealkylation sites (N-methyl/N-ethyl adjacent to an activating group) is 1. The second kappa shape index (κ2) is 8.74. The average Bonchev–Trinajstić information content (AvgIpc) is 2.69. The van der Waals surface area contributed by atoms with E-state index in [2.05, 4.69) is 27.3 Å². The lowest BCUT2D eigenvalue weighted by atomic mass is 10.1. The minimum Gasteiger partial charge on any atom is -0.486 e. The summed E-state index contributed by atoms with van der Waals surface area (Å²) in [5, 5.41) is 12.0. The minimum atomic E-state index is -0.571. The van der Waals surface area contributed by atoms with Gasteiger partial charge >= 0.3 is 0 Å². The van der Waals surface area contributed by atoms with Crippen molar-refractivity contribution in [2.75, 3.05) is 7.05 Å². The summed E-state index contributed by atoms with van der Waals surface area (Å²) in [6.07, 6.45) is 1.43. The van der Waals surface area contributed by atoms with Crippen LogP contribution in [0.1, 0.15) is 16.7 Å². The van der Waals surface area contributed by atoms with Crippen LogP contribution in [0.3, 0.4) is 0 Å². The normalized spacial score (nSPS) is 15.3. The van der Waals surface area contributed by atoms with Crippen molar-refractivity contribution in [3.63, 3.8) is 0 Å². The molecule has 1 aliphatic heterocycles. The van der Waals surface area contributed by atoms with Crippen molar-refractivity contribution in [1.82, 2.24) is 10.2 Å². The summed E-state index contributed by atoms with van der Waals surface area (Å²) < 4.78 is 6.33. The zero-order valence-corrected chi connectivity index (χ0v) is 18.2. The van der Waals surface area contributed by atoms with E-state index in [1.807, 2.05) is 6.07 Å². The standard InChI is InChI=1S/C20H13BrClN3O3S/c1-25-19(27)14(18(26)24-20(25)29)6-11-7-15(21)17(16(22)8-11)28-10-13-5-3-2-4-12(13)9-23/h2-8H,10H2,1H3,(H,24,26,29). The maximum Gasteiger partial charge on any atom is 0.265 e. The Balaban J connectivity index is 1.86. The molecular formula is C20H13BrClN3O3S. The maximum absolute atomic E-state index is 12.3. The van der Waals surface area contributed by atoms with Crippen LogP contribution in [0.5, 0.6) is 5.75 Å². The van der Waals surface area contributed by atoms with Gasteiger partial charge in [-0.15, -0.1) is 0 Å². The van der Waals surface area contributed by atoms with Gasteiger partial charge in [-0.2, -0.15) is 5.26 Å². The summed E-state index contributed by atoms with van der Waals surface area (Å²) >= 11 is 14.7. The molecule has 1 aliphatic rings. The predicted octanol–water partition coefficient (Wildman–Crippen LogP) is 3.81. The first kappa shape index (κ1) is 21.0. The highest BCUT2D eigenvalue weighted by Gasteiger charge is 2.30. The Labute approximate surface area is 185 Å². The lowest BCUT2D eigenvalue weighted by molar-refractivity contribution is -0.128. The van der Waals surface area contributed by atoms with Gasteiger partial charge in [0.1, 0.15) is 12.2 Å². The van der Waals surface area contributed by atoms with Crippen molar-refractivity contribution < 1.29 is 14.3 Å². The smallest absolute Gasteiger partial charge is 0.265 e. The van der Waals surface area contributed by atoms with Gasteiger partial charge in [-0.25, -0.2) is 0 Å². The van der Waals surface area contributed by atoms with E-state index in [0.717, 1.165) is 5.56 Å². The first-order valence-electron chi connectivity index (χ1n) is 8.26. The van der Waals surface area contributed by atoms with Crippen molar-refractivity contribution in [3.8, 4) is 11.8 Å². The molecule has 146 valence electrons. The van der Waals surface area contributed by atoms with Gasteiger partial charge in [0.2, 0.25) is 0 Å². The highest BCUT2D eigenvalue weighted by molar-refractivity contribution is 9.10. The molecule has 0 spiro atoms. The molecule has 0 aromatic heterocycles. The van der Waals surface area contributed by atoms with Gasteiger partial charge in [0.05, 0.1) is 21.1 Å². The number of nitriles is 1. The second-order valence-electron chi connectivity index (χ2n) is 6.05. The molecule has 0 atom stereocenters. The lowest BCUT2D eigenvalue weighted by Crippen LogP contribution is -2.52. The third-order valence-electron chi connectivity index (χ3n) is 4.15. The number of carbonyl (C=O) groups excluding carboxylic acids is 2. The van der Waals surface area contributed by atoms with Crippen molar-refractivity contribution in [3.05, 3.63) is 68.2 Å². The van der Waals surface area contributed by atoms with Crippen LogP contribution in [-0.2, 0) is 16.2 Å². The number of carbonyl (C=O) groups is 2. The maximum atomic E-state index is 12.3. The van der Waals surface area contributed by atoms with Gasteiger partial charge < -0.3 is 4.74 Å². The van der Waals surface area contributed by atoms with Crippen molar-refractivity contribution >= 4 is 62.8 Å². The summed E-state index contributed by atoms with van der Waals surface area (Å²) in [6, 6.07) is 12.5. The molecule has 2 amide bonds. The number of hydrogen-bond donors (Lipinski definition) is 1. The van der Waals surface area contributed by atoms with Crippen LogP contribution >= 0.6 is 39.7 Å². The van der Waals surface area contributed by atoms with E-state index in [9.17, 15) is 14.9 Å². The molecule has 9 heteroatoms.